The van der Waals surface area contributed by atoms with Gasteiger partial charge < -0.3 is 19.4 Å². The number of unbranched alkanes of at least 4 members (excludes halogenated alkanes) is 12. The summed E-state index contributed by atoms with van der Waals surface area (Å²) in [6.45, 7) is 2.27. The molecule has 0 rings (SSSR count). The first-order valence-corrected chi connectivity index (χ1v) is 14.5. The maximum atomic E-state index is 11.8. The van der Waals surface area contributed by atoms with E-state index in [4.69, 9.17) is 0 Å². The molecule has 0 fully saturated rings. The lowest BCUT2D eigenvalue weighted by molar-refractivity contribution is -0.875. The summed E-state index contributed by atoms with van der Waals surface area (Å²) in [4.78, 5) is 19.2. The second kappa shape index (κ2) is 18.0. The number of rotatable bonds is 21. The maximum absolute atomic E-state index is 11.8. The van der Waals surface area contributed by atoms with E-state index in [1.54, 1.807) is 0 Å². The predicted molar refractivity (Wildman–Crippen MR) is 138 cm³/mol. The minimum absolute atomic E-state index is 0.0590. The van der Waals surface area contributed by atoms with Gasteiger partial charge in [0.25, 0.3) is 0 Å². The fourth-order valence-electron chi connectivity index (χ4n) is 3.99. The standard InChI is InChI=1S/C26H52NO4P/c1-5-6-7-8-9-10-11-12-13-14-15-16-17-18-19-20-21-22-23-24-26(28,32(29,30)31)25-27(2,3)4/h7-8,11-12,28H,5-6,9-10,13-25H2,1-4H3,(H-,29,30,31)/p+1/b8-7-,12-11-. The van der Waals surface area contributed by atoms with E-state index >= 15 is 0 Å². The van der Waals surface area contributed by atoms with Crippen molar-refractivity contribution in [3.63, 3.8) is 0 Å². The van der Waals surface area contributed by atoms with Gasteiger partial charge >= 0.3 is 7.60 Å². The molecule has 0 saturated heterocycles. The van der Waals surface area contributed by atoms with Crippen LogP contribution in [0.5, 0.6) is 0 Å². The predicted octanol–water partition coefficient (Wildman–Crippen LogP) is 6.93. The first-order valence-electron chi connectivity index (χ1n) is 12.9. The van der Waals surface area contributed by atoms with Gasteiger partial charge in [0, 0.05) is 0 Å². The Labute approximate surface area is 198 Å². The van der Waals surface area contributed by atoms with Crippen molar-refractivity contribution >= 4 is 7.60 Å². The van der Waals surface area contributed by atoms with E-state index in [1.807, 2.05) is 21.1 Å². The number of hydrogen-bond acceptors (Lipinski definition) is 2. The van der Waals surface area contributed by atoms with Crippen LogP contribution in [0.15, 0.2) is 24.3 Å². The van der Waals surface area contributed by atoms with E-state index < -0.39 is 12.9 Å². The molecule has 0 amide bonds. The molecule has 5 nitrogen and oxygen atoms in total. The van der Waals surface area contributed by atoms with Gasteiger partial charge in [-0.1, -0.05) is 89.0 Å². The Hall–Kier alpha value is -0.450. The largest absolute Gasteiger partial charge is 0.373 e. The normalized spacial score (nSPS) is 15.1. The highest BCUT2D eigenvalue weighted by molar-refractivity contribution is 7.53. The Balaban J connectivity index is 3.62. The number of aliphatic hydroxyl groups is 1. The highest BCUT2D eigenvalue weighted by Crippen LogP contribution is 2.52. The summed E-state index contributed by atoms with van der Waals surface area (Å²) in [6, 6.07) is 0. The lowest BCUT2D eigenvalue weighted by atomic mass is 10.0. The lowest BCUT2D eigenvalue weighted by Gasteiger charge is -2.35. The highest BCUT2D eigenvalue weighted by Gasteiger charge is 2.48. The van der Waals surface area contributed by atoms with Crippen LogP contribution in [0.2, 0.25) is 0 Å². The third-order valence-electron chi connectivity index (χ3n) is 5.76. The summed E-state index contributed by atoms with van der Waals surface area (Å²) >= 11 is 0. The molecular formula is C26H53NO4P+. The summed E-state index contributed by atoms with van der Waals surface area (Å²) in [7, 11) is 0.972. The molecule has 32 heavy (non-hydrogen) atoms. The zero-order valence-electron chi connectivity index (χ0n) is 21.5. The second-order valence-corrected chi connectivity index (χ2v) is 12.3. The van der Waals surface area contributed by atoms with Crippen molar-refractivity contribution in [2.45, 2.75) is 115 Å². The van der Waals surface area contributed by atoms with Crippen LogP contribution in [-0.2, 0) is 4.57 Å². The molecule has 0 spiro atoms. The average molecular weight is 475 g/mol. The van der Waals surface area contributed by atoms with Crippen LogP contribution in [0, 0.1) is 0 Å². The number of nitrogens with zero attached hydrogens (tertiary/aromatic N) is 1. The number of hydrogen-bond donors (Lipinski definition) is 3. The van der Waals surface area contributed by atoms with E-state index in [0.29, 0.717) is 10.9 Å². The lowest BCUT2D eigenvalue weighted by Crippen LogP contribution is -2.49. The third kappa shape index (κ3) is 18.0. The van der Waals surface area contributed by atoms with Crippen LogP contribution in [-0.4, -0.2) is 52.4 Å². The smallest absolute Gasteiger partial charge is 0.362 e. The van der Waals surface area contributed by atoms with Gasteiger partial charge in [0.05, 0.1) is 21.1 Å². The van der Waals surface area contributed by atoms with Crippen LogP contribution in [0.3, 0.4) is 0 Å². The number of quaternary nitrogens is 1. The van der Waals surface area contributed by atoms with Gasteiger partial charge in [-0.05, 0) is 44.9 Å². The summed E-state index contributed by atoms with van der Waals surface area (Å²) in [5.41, 5.74) is 0. The third-order valence-corrected chi connectivity index (χ3v) is 7.21. The van der Waals surface area contributed by atoms with Crippen LogP contribution in [0.25, 0.3) is 0 Å². The van der Waals surface area contributed by atoms with Gasteiger partial charge in [0.2, 0.25) is 5.34 Å². The highest BCUT2D eigenvalue weighted by atomic mass is 31.2. The molecule has 0 aromatic heterocycles. The molecular weight excluding hydrogens is 421 g/mol. The molecule has 0 saturated carbocycles. The Morgan fingerprint density at radius 1 is 0.688 bits per heavy atom. The van der Waals surface area contributed by atoms with Crippen molar-refractivity contribution in [2.75, 3.05) is 27.7 Å². The molecule has 0 aromatic rings. The molecule has 0 aromatic carbocycles. The Bertz CT molecular complexity index is 551. The Morgan fingerprint density at radius 3 is 1.53 bits per heavy atom. The summed E-state index contributed by atoms with van der Waals surface area (Å²) in [6.07, 6.45) is 26.9. The fourth-order valence-corrected chi connectivity index (χ4v) is 5.05. The van der Waals surface area contributed by atoms with Crippen molar-refractivity contribution in [1.82, 2.24) is 0 Å². The monoisotopic (exact) mass is 474 g/mol. The summed E-state index contributed by atoms with van der Waals surface area (Å²) in [5, 5.41) is 8.63. The van der Waals surface area contributed by atoms with Crippen molar-refractivity contribution < 1.29 is 23.9 Å². The molecule has 0 aliphatic heterocycles. The zero-order chi connectivity index (χ0) is 24.3. The fraction of sp³-hybridized carbons (Fsp3) is 0.846. The van der Waals surface area contributed by atoms with Crippen molar-refractivity contribution in [1.29, 1.82) is 0 Å². The Morgan fingerprint density at radius 2 is 1.09 bits per heavy atom. The van der Waals surface area contributed by atoms with E-state index in [1.165, 1.54) is 64.2 Å². The van der Waals surface area contributed by atoms with Gasteiger partial charge in [-0.25, -0.2) is 0 Å². The molecule has 0 aliphatic rings. The number of allylic oxidation sites excluding steroid dienone is 4. The van der Waals surface area contributed by atoms with Crippen molar-refractivity contribution in [3.05, 3.63) is 24.3 Å². The van der Waals surface area contributed by atoms with Crippen LogP contribution < -0.4 is 0 Å². The van der Waals surface area contributed by atoms with Gasteiger partial charge in [-0.15, -0.1) is 0 Å². The van der Waals surface area contributed by atoms with Crippen LogP contribution in [0.1, 0.15) is 110 Å². The molecule has 3 N–H and O–H groups in total. The van der Waals surface area contributed by atoms with Crippen molar-refractivity contribution in [3.8, 4) is 0 Å². The zero-order valence-corrected chi connectivity index (χ0v) is 22.4. The minimum Gasteiger partial charge on any atom is -0.373 e. The maximum Gasteiger partial charge on any atom is 0.362 e. The van der Waals surface area contributed by atoms with Gasteiger partial charge in [0.1, 0.15) is 6.54 Å². The quantitative estimate of drug-likeness (QED) is 0.0729. The Kier molecular flexibility index (Phi) is 17.7. The molecule has 190 valence electrons. The molecule has 0 heterocycles. The summed E-state index contributed by atoms with van der Waals surface area (Å²) < 4.78 is 12.1. The topological polar surface area (TPSA) is 77.8 Å². The minimum atomic E-state index is -4.54. The molecule has 0 radical (unpaired) electrons. The molecule has 1 unspecified atom stereocenters. The van der Waals surface area contributed by atoms with Crippen LogP contribution >= 0.6 is 7.60 Å². The van der Waals surface area contributed by atoms with E-state index in [2.05, 4.69) is 31.2 Å². The van der Waals surface area contributed by atoms with Gasteiger partial charge in [-0.2, -0.15) is 0 Å². The first kappa shape index (κ1) is 31.6. The molecule has 6 heteroatoms. The van der Waals surface area contributed by atoms with E-state index in [9.17, 15) is 19.5 Å². The molecule has 0 aliphatic carbocycles. The average Bonchev–Trinajstić information content (AvgIpc) is 2.67. The molecule has 0 bridgehead atoms. The molecule has 1 atom stereocenters. The second-order valence-electron chi connectivity index (χ2n) is 10.4. The van der Waals surface area contributed by atoms with E-state index in [-0.39, 0.29) is 13.0 Å². The van der Waals surface area contributed by atoms with Crippen molar-refractivity contribution in [2.24, 2.45) is 0 Å². The summed E-state index contributed by atoms with van der Waals surface area (Å²) in [5.74, 6) is 0. The van der Waals surface area contributed by atoms with Crippen LogP contribution in [0.4, 0.5) is 0 Å². The first-order chi connectivity index (χ1) is 15.0. The van der Waals surface area contributed by atoms with Gasteiger partial charge in [-0.3, -0.25) is 4.57 Å². The van der Waals surface area contributed by atoms with Gasteiger partial charge in [0.15, 0.2) is 0 Å². The SMILES string of the molecule is CCC/C=C\CC/C=C\CCCCCCCCCCCCC(O)(C[N+](C)(C)C)P(=O)(O)O. The number of likely N-dealkylation sites (N-methyl/N-ethyl adjacent to an activating group) is 1. The van der Waals surface area contributed by atoms with E-state index in [0.717, 1.165) is 25.7 Å².